The molecule has 2 aliphatic rings. The van der Waals surface area contributed by atoms with Gasteiger partial charge in [-0.2, -0.15) is 0 Å². The van der Waals surface area contributed by atoms with Gasteiger partial charge >= 0.3 is 6.09 Å². The minimum atomic E-state index is -0.544. The highest BCUT2D eigenvalue weighted by Crippen LogP contribution is 2.41. The number of fused-ring (bicyclic) bond motifs is 2. The zero-order valence-corrected chi connectivity index (χ0v) is 23.1. The van der Waals surface area contributed by atoms with Crippen LogP contribution in [-0.2, 0) is 11.8 Å². The van der Waals surface area contributed by atoms with E-state index in [1.54, 1.807) is 21.9 Å². The van der Waals surface area contributed by atoms with E-state index in [9.17, 15) is 9.59 Å². The van der Waals surface area contributed by atoms with E-state index < -0.39 is 5.60 Å². The van der Waals surface area contributed by atoms with E-state index in [4.69, 9.17) is 21.3 Å². The first-order valence-corrected chi connectivity index (χ1v) is 13.1. The predicted octanol–water partition coefficient (Wildman–Crippen LogP) is 5.16. The molecule has 1 saturated heterocycles. The Hall–Kier alpha value is -3.49. The summed E-state index contributed by atoms with van der Waals surface area (Å²) in [6.07, 6.45) is 5.01. The van der Waals surface area contributed by atoms with E-state index >= 15 is 0 Å². The van der Waals surface area contributed by atoms with Crippen molar-refractivity contribution >= 4 is 35.1 Å². The maximum Gasteiger partial charge on any atom is 0.410 e. The van der Waals surface area contributed by atoms with Crippen LogP contribution in [0.15, 0.2) is 42.7 Å². The Bertz CT molecular complexity index is 1430. The van der Waals surface area contributed by atoms with Crippen LogP contribution in [0.2, 0.25) is 5.02 Å². The van der Waals surface area contributed by atoms with Crippen LogP contribution >= 0.6 is 11.6 Å². The number of hydrogen-bond acceptors (Lipinski definition) is 6. The van der Waals surface area contributed by atoms with Crippen LogP contribution in [0.3, 0.4) is 0 Å². The number of Topliss-reactive ketones (excluding diaryl/α,β-unsaturated/α-hetero) is 1. The second-order valence-electron chi connectivity index (χ2n) is 10.8. The van der Waals surface area contributed by atoms with Crippen molar-refractivity contribution in [3.8, 4) is 0 Å². The summed E-state index contributed by atoms with van der Waals surface area (Å²) in [5.74, 6) is 0.638. The molecule has 2 aromatic heterocycles. The van der Waals surface area contributed by atoms with Crippen molar-refractivity contribution in [3.63, 3.8) is 0 Å². The summed E-state index contributed by atoms with van der Waals surface area (Å²) in [6, 6.07) is 9.36. The molecule has 38 heavy (non-hydrogen) atoms. The zero-order chi connectivity index (χ0) is 27.2. The van der Waals surface area contributed by atoms with Gasteiger partial charge in [0, 0.05) is 50.0 Å². The van der Waals surface area contributed by atoms with Gasteiger partial charge < -0.3 is 14.2 Å². The number of aryl methyl sites for hydroxylation is 1. The molecule has 0 bridgehead atoms. The largest absolute Gasteiger partial charge is 0.444 e. The Labute approximate surface area is 227 Å². The average molecular weight is 534 g/mol. The molecule has 8 nitrogen and oxygen atoms in total. The number of carbonyl (C=O) groups is 2. The molecule has 1 amide bonds. The number of aromatic nitrogens is 3. The lowest BCUT2D eigenvalue weighted by molar-refractivity contribution is 0.0118. The monoisotopic (exact) mass is 533 g/mol. The summed E-state index contributed by atoms with van der Waals surface area (Å²) in [5.41, 5.74) is 3.99. The summed E-state index contributed by atoms with van der Waals surface area (Å²) in [4.78, 5) is 39.8. The molecule has 0 spiro atoms. The van der Waals surface area contributed by atoms with E-state index in [0.717, 1.165) is 28.2 Å². The number of pyridine rings is 1. The maximum atomic E-state index is 13.9. The molecule has 1 aliphatic heterocycles. The van der Waals surface area contributed by atoms with Gasteiger partial charge in [-0.1, -0.05) is 23.7 Å². The van der Waals surface area contributed by atoms with Crippen molar-refractivity contribution in [1.82, 2.24) is 24.3 Å². The van der Waals surface area contributed by atoms with Gasteiger partial charge in [0.05, 0.1) is 17.9 Å². The number of imidazole rings is 1. The zero-order valence-electron chi connectivity index (χ0n) is 22.4. The van der Waals surface area contributed by atoms with Crippen LogP contribution in [0, 0.1) is 6.92 Å². The van der Waals surface area contributed by atoms with Crippen LogP contribution in [0.25, 0.3) is 11.6 Å². The van der Waals surface area contributed by atoms with Crippen LogP contribution in [0.1, 0.15) is 65.5 Å². The number of nitrogens with zero attached hydrogens (tertiary/aromatic N) is 5. The molecule has 1 aliphatic carbocycles. The van der Waals surface area contributed by atoms with Crippen LogP contribution in [0.4, 0.5) is 4.79 Å². The van der Waals surface area contributed by atoms with E-state index in [0.29, 0.717) is 42.5 Å². The first-order chi connectivity index (χ1) is 18.0. The van der Waals surface area contributed by atoms with Gasteiger partial charge in [0.25, 0.3) is 0 Å². The summed E-state index contributed by atoms with van der Waals surface area (Å²) in [6.45, 7) is 9.81. The first kappa shape index (κ1) is 26.1. The van der Waals surface area contributed by atoms with Crippen LogP contribution < -0.4 is 0 Å². The van der Waals surface area contributed by atoms with Crippen molar-refractivity contribution in [3.05, 3.63) is 81.7 Å². The Morgan fingerprint density at radius 2 is 1.82 bits per heavy atom. The molecule has 1 fully saturated rings. The molecule has 0 unspecified atom stereocenters. The third-order valence-electron chi connectivity index (χ3n) is 7.06. The first-order valence-electron chi connectivity index (χ1n) is 12.7. The Morgan fingerprint density at radius 3 is 2.47 bits per heavy atom. The lowest BCUT2D eigenvalue weighted by atomic mass is 9.91. The second-order valence-corrected chi connectivity index (χ2v) is 11.2. The quantitative estimate of drug-likeness (QED) is 0.433. The summed E-state index contributed by atoms with van der Waals surface area (Å²) in [7, 11) is 1.84. The number of rotatable bonds is 3. The summed E-state index contributed by atoms with van der Waals surface area (Å²) < 4.78 is 7.39. The van der Waals surface area contributed by atoms with Crippen molar-refractivity contribution in [1.29, 1.82) is 0 Å². The van der Waals surface area contributed by atoms with Crippen LogP contribution in [-0.4, -0.2) is 68.0 Å². The van der Waals surface area contributed by atoms with Gasteiger partial charge in [-0.15, -0.1) is 0 Å². The highest BCUT2D eigenvalue weighted by molar-refractivity contribution is 6.34. The molecular weight excluding hydrogens is 502 g/mol. The summed E-state index contributed by atoms with van der Waals surface area (Å²) in [5, 5.41) is 0.552. The average Bonchev–Trinajstić information content (AvgIpc) is 3.13. The van der Waals surface area contributed by atoms with Gasteiger partial charge in [0.15, 0.2) is 0 Å². The molecule has 0 saturated carbocycles. The minimum Gasteiger partial charge on any atom is -0.444 e. The van der Waals surface area contributed by atoms with Gasteiger partial charge in [0.2, 0.25) is 5.78 Å². The molecule has 3 heterocycles. The topological polar surface area (TPSA) is 80.6 Å². The van der Waals surface area contributed by atoms with E-state index in [1.165, 1.54) is 0 Å². The van der Waals surface area contributed by atoms with E-state index in [-0.39, 0.29) is 17.9 Å². The summed E-state index contributed by atoms with van der Waals surface area (Å²) >= 11 is 6.49. The number of benzene rings is 1. The Morgan fingerprint density at radius 1 is 1.08 bits per heavy atom. The molecule has 0 N–H and O–H groups in total. The number of ketones is 1. The number of carbonyl (C=O) groups excluding carboxylic acids is 2. The van der Waals surface area contributed by atoms with E-state index in [1.807, 2.05) is 71.2 Å². The standard InChI is InChI=1S/C29H32ClN5O3/c1-18-32-17-24(33(18)5)27(36)23-15-19-7-6-10-31-25(19)26(21-9-8-20(30)16-22(21)23)34-11-13-35(14-12-34)28(37)38-29(2,3)4/h6-10,15-17,26H,11-14H2,1-5H3/t26-/m0/s1. The van der Waals surface area contributed by atoms with Crippen LogP contribution in [0.5, 0.6) is 0 Å². The second kappa shape index (κ2) is 10.0. The third-order valence-corrected chi connectivity index (χ3v) is 7.29. The van der Waals surface area contributed by atoms with Gasteiger partial charge in [-0.3, -0.25) is 14.7 Å². The number of amides is 1. The number of piperazine rings is 1. The molecule has 9 heteroatoms. The number of hydrogen-bond donors (Lipinski definition) is 0. The predicted molar refractivity (Wildman–Crippen MR) is 147 cm³/mol. The lowest BCUT2D eigenvalue weighted by Crippen LogP contribution is -2.51. The van der Waals surface area contributed by atoms with Gasteiger partial charge in [-0.25, -0.2) is 9.78 Å². The molecule has 3 aromatic rings. The fourth-order valence-corrected chi connectivity index (χ4v) is 5.23. The lowest BCUT2D eigenvalue weighted by Gasteiger charge is -2.40. The molecule has 5 rings (SSSR count). The van der Waals surface area contributed by atoms with Crippen molar-refractivity contribution in [2.75, 3.05) is 26.2 Å². The number of halogens is 1. The maximum absolute atomic E-state index is 13.9. The van der Waals surface area contributed by atoms with Gasteiger partial charge in [-0.05, 0) is 68.7 Å². The smallest absolute Gasteiger partial charge is 0.410 e. The van der Waals surface area contributed by atoms with Crippen molar-refractivity contribution < 1.29 is 14.3 Å². The molecule has 198 valence electrons. The minimum absolute atomic E-state index is 0.123. The van der Waals surface area contributed by atoms with Crippen molar-refractivity contribution in [2.45, 2.75) is 39.3 Å². The normalized spacial score (nSPS) is 17.8. The fourth-order valence-electron chi connectivity index (χ4n) is 5.06. The molecule has 0 radical (unpaired) electrons. The highest BCUT2D eigenvalue weighted by atomic mass is 35.5. The number of allylic oxidation sites excluding steroid dienone is 1. The third kappa shape index (κ3) is 4.98. The Kier molecular flexibility index (Phi) is 6.88. The number of ether oxygens (including phenoxy) is 1. The van der Waals surface area contributed by atoms with Gasteiger partial charge in [0.1, 0.15) is 17.1 Å². The van der Waals surface area contributed by atoms with Crippen molar-refractivity contribution in [2.24, 2.45) is 7.05 Å². The highest BCUT2D eigenvalue weighted by Gasteiger charge is 2.36. The molecular formula is C29H32ClN5O3. The van der Waals surface area contributed by atoms with E-state index in [2.05, 4.69) is 9.88 Å². The molecule has 1 atom stereocenters. The Balaban J connectivity index is 1.55. The molecule has 1 aromatic carbocycles. The SMILES string of the molecule is Cc1ncc(C(=O)C2=Cc3cccnc3[C@@H](N3CCN(C(=O)OC(C)(C)C)CC3)c3ccc(Cl)cc32)n1C. The fraction of sp³-hybridized carbons (Fsp3) is 0.379.